The fraction of sp³-hybridized carbons (Fsp3) is 0.387. The molecule has 0 aliphatic carbocycles. The Balaban J connectivity index is 1.67. The summed E-state index contributed by atoms with van der Waals surface area (Å²) in [4.78, 5) is 12.2. The number of allylic oxidation sites excluding steroid dienone is 7. The van der Waals surface area contributed by atoms with E-state index in [2.05, 4.69) is 58.2 Å². The fourth-order valence-electron chi connectivity index (χ4n) is 3.73. The van der Waals surface area contributed by atoms with Crippen LogP contribution in [-0.2, 0) is 4.74 Å². The van der Waals surface area contributed by atoms with Crippen LogP contribution in [0.25, 0.3) is 10.8 Å². The maximum atomic E-state index is 12.2. The van der Waals surface area contributed by atoms with Gasteiger partial charge in [0.05, 0.1) is 5.69 Å². The minimum absolute atomic E-state index is 0.280. The molecule has 2 rings (SSSR count). The molecular weight excluding hydrogens is 418 g/mol. The largest absolute Gasteiger partial charge is 0.445 e. The predicted molar refractivity (Wildman–Crippen MR) is 147 cm³/mol. The third-order valence-electron chi connectivity index (χ3n) is 5.83. The minimum Gasteiger partial charge on any atom is -0.445 e. The van der Waals surface area contributed by atoms with Crippen LogP contribution in [-0.4, -0.2) is 12.7 Å². The average Bonchev–Trinajstić information content (AvgIpc) is 2.79. The Kier molecular flexibility index (Phi) is 12.0. The van der Waals surface area contributed by atoms with E-state index in [4.69, 9.17) is 4.74 Å². The topological polar surface area (TPSA) is 38.3 Å². The third kappa shape index (κ3) is 10.7. The van der Waals surface area contributed by atoms with Gasteiger partial charge in [-0.3, -0.25) is 5.32 Å². The van der Waals surface area contributed by atoms with E-state index >= 15 is 0 Å². The van der Waals surface area contributed by atoms with E-state index in [1.807, 2.05) is 48.5 Å². The van der Waals surface area contributed by atoms with Gasteiger partial charge in [-0.2, -0.15) is 0 Å². The van der Waals surface area contributed by atoms with Gasteiger partial charge in [-0.15, -0.1) is 0 Å². The summed E-state index contributed by atoms with van der Waals surface area (Å²) >= 11 is 0. The van der Waals surface area contributed by atoms with Crippen molar-refractivity contribution in [3.8, 4) is 0 Å². The van der Waals surface area contributed by atoms with Gasteiger partial charge in [0.1, 0.15) is 6.61 Å². The first-order valence-corrected chi connectivity index (χ1v) is 12.4. The van der Waals surface area contributed by atoms with Crippen molar-refractivity contribution < 1.29 is 9.53 Å². The van der Waals surface area contributed by atoms with E-state index in [-0.39, 0.29) is 6.61 Å². The number of carbonyl (C=O) groups is 1. The Labute approximate surface area is 206 Å². The van der Waals surface area contributed by atoms with E-state index in [0.717, 1.165) is 55.0 Å². The Morgan fingerprint density at radius 2 is 1.29 bits per heavy atom. The summed E-state index contributed by atoms with van der Waals surface area (Å²) in [7, 11) is 0. The minimum atomic E-state index is -0.430. The van der Waals surface area contributed by atoms with Crippen LogP contribution < -0.4 is 5.32 Å². The summed E-state index contributed by atoms with van der Waals surface area (Å²) in [5.74, 6) is 0. The molecule has 3 heteroatoms. The highest BCUT2D eigenvalue weighted by Gasteiger charge is 2.05. The second kappa shape index (κ2) is 15.0. The molecule has 1 amide bonds. The Hall–Kier alpha value is -3.07. The number of fused-ring (bicyclic) bond motifs is 1. The van der Waals surface area contributed by atoms with E-state index in [1.54, 1.807) is 0 Å². The molecule has 2 aromatic rings. The van der Waals surface area contributed by atoms with Crippen LogP contribution in [0, 0.1) is 0 Å². The summed E-state index contributed by atoms with van der Waals surface area (Å²) in [5.41, 5.74) is 6.31. The van der Waals surface area contributed by atoms with Gasteiger partial charge in [-0.25, -0.2) is 4.79 Å². The molecule has 3 nitrogen and oxygen atoms in total. The zero-order valence-electron chi connectivity index (χ0n) is 21.6. The lowest BCUT2D eigenvalue weighted by Crippen LogP contribution is -2.14. The Morgan fingerprint density at radius 1 is 0.735 bits per heavy atom. The van der Waals surface area contributed by atoms with Crippen molar-refractivity contribution in [3.63, 3.8) is 0 Å². The summed E-state index contributed by atoms with van der Waals surface area (Å²) in [6.07, 6.45) is 15.1. The lowest BCUT2D eigenvalue weighted by Gasteiger charge is -2.09. The van der Waals surface area contributed by atoms with Crippen molar-refractivity contribution >= 4 is 22.6 Å². The van der Waals surface area contributed by atoms with Crippen LogP contribution >= 0.6 is 0 Å². The zero-order chi connectivity index (χ0) is 24.8. The molecule has 0 saturated heterocycles. The number of rotatable bonds is 12. The van der Waals surface area contributed by atoms with Gasteiger partial charge in [-0.1, -0.05) is 76.9 Å². The second-order valence-electron chi connectivity index (χ2n) is 9.30. The maximum absolute atomic E-state index is 12.2. The van der Waals surface area contributed by atoms with Gasteiger partial charge in [0.15, 0.2) is 0 Å². The molecule has 0 fully saturated rings. The van der Waals surface area contributed by atoms with Gasteiger partial charge in [-0.05, 0) is 90.7 Å². The first-order chi connectivity index (χ1) is 16.3. The van der Waals surface area contributed by atoms with Crippen LogP contribution in [0.2, 0.25) is 0 Å². The number of hydrogen-bond acceptors (Lipinski definition) is 2. The maximum Gasteiger partial charge on any atom is 0.411 e. The molecule has 0 spiro atoms. The molecule has 0 saturated carbocycles. The van der Waals surface area contributed by atoms with Crippen LogP contribution in [0.5, 0.6) is 0 Å². The molecule has 0 aliphatic heterocycles. The number of benzene rings is 2. The van der Waals surface area contributed by atoms with E-state index in [9.17, 15) is 4.79 Å². The summed E-state index contributed by atoms with van der Waals surface area (Å²) < 4.78 is 5.36. The molecule has 0 aromatic heterocycles. The Bertz CT molecular complexity index is 1050. The quantitative estimate of drug-likeness (QED) is 0.321. The molecular formula is C31H41NO2. The molecule has 0 bridgehead atoms. The number of ether oxygens (including phenoxy) is 1. The molecule has 0 unspecified atom stereocenters. The molecule has 182 valence electrons. The lowest BCUT2D eigenvalue weighted by molar-refractivity contribution is 0.174. The lowest BCUT2D eigenvalue weighted by atomic mass is 10.0. The van der Waals surface area contributed by atoms with Gasteiger partial charge in [0.2, 0.25) is 0 Å². The van der Waals surface area contributed by atoms with Crippen molar-refractivity contribution in [1.82, 2.24) is 0 Å². The van der Waals surface area contributed by atoms with Gasteiger partial charge >= 0.3 is 6.09 Å². The number of anilines is 1. The molecule has 0 radical (unpaired) electrons. The van der Waals surface area contributed by atoms with Crippen LogP contribution in [0.1, 0.15) is 73.1 Å². The van der Waals surface area contributed by atoms with Gasteiger partial charge in [0.25, 0.3) is 0 Å². The molecule has 1 N–H and O–H groups in total. The number of nitrogens with one attached hydrogen (secondary N) is 1. The summed E-state index contributed by atoms with van der Waals surface area (Å²) in [6.45, 7) is 11.1. The smallest absolute Gasteiger partial charge is 0.411 e. The van der Waals surface area contributed by atoms with Gasteiger partial charge < -0.3 is 4.74 Å². The number of amides is 1. The Morgan fingerprint density at radius 3 is 1.94 bits per heavy atom. The number of carbonyl (C=O) groups excluding carboxylic acids is 1. The highest BCUT2D eigenvalue weighted by Crippen LogP contribution is 2.23. The van der Waals surface area contributed by atoms with Crippen LogP contribution in [0.3, 0.4) is 0 Å². The van der Waals surface area contributed by atoms with Gasteiger partial charge in [0, 0.05) is 5.39 Å². The van der Waals surface area contributed by atoms with E-state index in [0.29, 0.717) is 0 Å². The standard InChI is InChI=1S/C31H41NO2/c1-24(2)12-8-13-25(3)14-9-15-26(4)16-10-17-27(5)22-23-34-31(33)32-30-21-11-19-28-18-6-7-20-29(28)30/h6-7,11-12,14,16,18-22H,8-10,13,15,17,23H2,1-5H3,(H,32,33)/b25-14+,26-16+,27-22+. The summed E-state index contributed by atoms with van der Waals surface area (Å²) in [6, 6.07) is 13.8. The van der Waals surface area contributed by atoms with Crippen molar-refractivity contribution in [3.05, 3.63) is 89.1 Å². The SMILES string of the molecule is CC(C)=CCC/C(C)=C/CC/C(C)=C/CC/C(C)=C/COC(=O)Nc1cccc2ccccc12. The average molecular weight is 460 g/mol. The predicted octanol–water partition coefficient (Wildman–Crippen LogP) is 9.53. The highest BCUT2D eigenvalue weighted by molar-refractivity contribution is 6.00. The monoisotopic (exact) mass is 459 g/mol. The second-order valence-corrected chi connectivity index (χ2v) is 9.30. The third-order valence-corrected chi connectivity index (χ3v) is 5.83. The van der Waals surface area contributed by atoms with Crippen molar-refractivity contribution in [2.75, 3.05) is 11.9 Å². The van der Waals surface area contributed by atoms with Crippen LogP contribution in [0.15, 0.2) is 89.1 Å². The van der Waals surface area contributed by atoms with Crippen molar-refractivity contribution in [1.29, 1.82) is 0 Å². The van der Waals surface area contributed by atoms with E-state index < -0.39 is 6.09 Å². The van der Waals surface area contributed by atoms with E-state index in [1.165, 1.54) is 22.3 Å². The molecule has 34 heavy (non-hydrogen) atoms. The normalized spacial score (nSPS) is 12.6. The molecule has 0 heterocycles. The zero-order valence-corrected chi connectivity index (χ0v) is 21.6. The molecule has 0 atom stereocenters. The first-order valence-electron chi connectivity index (χ1n) is 12.4. The fourth-order valence-corrected chi connectivity index (χ4v) is 3.73. The highest BCUT2D eigenvalue weighted by atomic mass is 16.5. The summed E-state index contributed by atoms with van der Waals surface area (Å²) in [5, 5.41) is 4.95. The molecule has 2 aromatic carbocycles. The number of hydrogen-bond donors (Lipinski definition) is 1. The molecule has 0 aliphatic rings. The van der Waals surface area contributed by atoms with Crippen molar-refractivity contribution in [2.24, 2.45) is 0 Å². The van der Waals surface area contributed by atoms with Crippen LogP contribution in [0.4, 0.5) is 10.5 Å². The van der Waals surface area contributed by atoms with Crippen molar-refractivity contribution in [2.45, 2.75) is 73.1 Å². The first kappa shape index (κ1) is 27.2.